The van der Waals surface area contributed by atoms with Gasteiger partial charge in [0.05, 0.1) is 11.8 Å². The van der Waals surface area contributed by atoms with Crippen LogP contribution in [0.1, 0.15) is 38.7 Å². The highest BCUT2D eigenvalue weighted by Crippen LogP contribution is 2.45. The summed E-state index contributed by atoms with van der Waals surface area (Å²) in [4.78, 5) is 4.08. The number of anilines is 1. The molecule has 0 atom stereocenters. The van der Waals surface area contributed by atoms with E-state index in [2.05, 4.69) is 24.1 Å². The predicted molar refractivity (Wildman–Crippen MR) is 80.6 cm³/mol. The molecular formula is C16H22N2O2. The van der Waals surface area contributed by atoms with Crippen LogP contribution >= 0.6 is 0 Å². The fourth-order valence-corrected chi connectivity index (χ4v) is 1.89. The SMILES string of the molecule is CCC.CNc1ncc(-c2cccc(C3(O)CC3)c2)o1. The van der Waals surface area contributed by atoms with Gasteiger partial charge in [-0.3, -0.25) is 0 Å². The molecule has 0 unspecified atom stereocenters. The third-order valence-corrected chi connectivity index (χ3v) is 3.13. The standard InChI is InChI=1S/C13H14N2O2.C3H8/c1-14-12-15-8-11(17-12)9-3-2-4-10(7-9)13(16)5-6-13;1-3-2/h2-4,7-8,16H,5-6H2,1H3,(H,14,15);3H2,1-2H3. The van der Waals surface area contributed by atoms with Gasteiger partial charge in [0.1, 0.15) is 0 Å². The van der Waals surface area contributed by atoms with Crippen molar-refractivity contribution in [2.75, 3.05) is 12.4 Å². The van der Waals surface area contributed by atoms with Crippen LogP contribution < -0.4 is 5.32 Å². The molecule has 2 aromatic rings. The van der Waals surface area contributed by atoms with Crippen molar-refractivity contribution in [3.05, 3.63) is 36.0 Å². The maximum absolute atomic E-state index is 10.1. The van der Waals surface area contributed by atoms with Crippen LogP contribution in [0, 0.1) is 0 Å². The van der Waals surface area contributed by atoms with Gasteiger partial charge in [-0.2, -0.15) is 0 Å². The average molecular weight is 274 g/mol. The van der Waals surface area contributed by atoms with Crippen LogP contribution in [0.15, 0.2) is 34.9 Å². The summed E-state index contributed by atoms with van der Waals surface area (Å²) in [6, 6.07) is 8.30. The molecule has 1 aromatic heterocycles. The number of oxazole rings is 1. The molecule has 0 spiro atoms. The lowest BCUT2D eigenvalue weighted by molar-refractivity contribution is 0.151. The first kappa shape index (κ1) is 14.6. The van der Waals surface area contributed by atoms with E-state index in [1.165, 1.54) is 6.42 Å². The molecule has 0 aliphatic heterocycles. The van der Waals surface area contributed by atoms with Crippen molar-refractivity contribution in [2.45, 2.75) is 38.7 Å². The molecule has 1 saturated carbocycles. The summed E-state index contributed by atoms with van der Waals surface area (Å²) in [5.41, 5.74) is 1.29. The molecule has 20 heavy (non-hydrogen) atoms. The van der Waals surface area contributed by atoms with Crippen LogP contribution in [0.4, 0.5) is 6.01 Å². The lowest BCUT2D eigenvalue weighted by atomic mass is 10.0. The average Bonchev–Trinajstić information content (AvgIpc) is 3.05. The number of nitrogens with zero attached hydrogens (tertiary/aromatic N) is 1. The molecule has 1 aliphatic rings. The molecule has 0 bridgehead atoms. The van der Waals surface area contributed by atoms with Gasteiger partial charge in [-0.1, -0.05) is 38.5 Å². The molecule has 4 nitrogen and oxygen atoms in total. The smallest absolute Gasteiger partial charge is 0.294 e. The van der Waals surface area contributed by atoms with Gasteiger partial charge >= 0.3 is 0 Å². The minimum atomic E-state index is -0.609. The van der Waals surface area contributed by atoms with Crippen molar-refractivity contribution in [3.8, 4) is 11.3 Å². The largest absolute Gasteiger partial charge is 0.424 e. The third kappa shape index (κ3) is 3.20. The number of rotatable bonds is 3. The Labute approximate surface area is 119 Å². The number of hydrogen-bond acceptors (Lipinski definition) is 4. The molecule has 1 heterocycles. The summed E-state index contributed by atoms with van der Waals surface area (Å²) in [6.45, 7) is 4.25. The fraction of sp³-hybridized carbons (Fsp3) is 0.438. The number of aromatic nitrogens is 1. The van der Waals surface area contributed by atoms with Crippen LogP contribution in [0.3, 0.4) is 0 Å². The molecule has 0 saturated heterocycles. The van der Waals surface area contributed by atoms with Gasteiger partial charge in [-0.15, -0.1) is 0 Å². The fourth-order valence-electron chi connectivity index (χ4n) is 1.89. The second kappa shape index (κ2) is 6.09. The maximum atomic E-state index is 10.1. The topological polar surface area (TPSA) is 58.3 Å². The Hall–Kier alpha value is -1.81. The third-order valence-electron chi connectivity index (χ3n) is 3.13. The Kier molecular flexibility index (Phi) is 4.45. The lowest BCUT2D eigenvalue weighted by Gasteiger charge is -2.08. The van der Waals surface area contributed by atoms with E-state index in [9.17, 15) is 5.11 Å². The van der Waals surface area contributed by atoms with Crippen LogP contribution in [0.2, 0.25) is 0 Å². The second-order valence-corrected chi connectivity index (χ2v) is 5.10. The van der Waals surface area contributed by atoms with Gasteiger partial charge in [0.2, 0.25) is 0 Å². The quantitative estimate of drug-likeness (QED) is 0.894. The van der Waals surface area contributed by atoms with E-state index in [1.54, 1.807) is 13.2 Å². The van der Waals surface area contributed by atoms with Gasteiger partial charge in [0, 0.05) is 12.6 Å². The van der Waals surface area contributed by atoms with Crippen molar-refractivity contribution in [3.63, 3.8) is 0 Å². The first-order chi connectivity index (χ1) is 9.62. The maximum Gasteiger partial charge on any atom is 0.294 e. The summed E-state index contributed by atoms with van der Waals surface area (Å²) in [6.07, 6.45) is 4.62. The van der Waals surface area contributed by atoms with Crippen molar-refractivity contribution < 1.29 is 9.52 Å². The zero-order valence-electron chi connectivity index (χ0n) is 12.3. The van der Waals surface area contributed by atoms with Gasteiger partial charge in [0.25, 0.3) is 6.01 Å². The summed E-state index contributed by atoms with van der Waals surface area (Å²) in [5.74, 6) is 0.709. The van der Waals surface area contributed by atoms with Gasteiger partial charge in [-0.05, 0) is 24.5 Å². The zero-order valence-corrected chi connectivity index (χ0v) is 12.3. The zero-order chi connectivity index (χ0) is 14.6. The predicted octanol–water partition coefficient (Wildman–Crippen LogP) is 3.78. The highest BCUT2D eigenvalue weighted by Gasteiger charge is 2.42. The highest BCUT2D eigenvalue weighted by molar-refractivity contribution is 5.59. The van der Waals surface area contributed by atoms with Crippen molar-refractivity contribution in [2.24, 2.45) is 0 Å². The minimum absolute atomic E-state index is 0.496. The van der Waals surface area contributed by atoms with Gasteiger partial charge in [0.15, 0.2) is 5.76 Å². The molecule has 1 fully saturated rings. The van der Waals surface area contributed by atoms with Crippen LogP contribution in [-0.2, 0) is 5.60 Å². The molecule has 0 amide bonds. The number of benzene rings is 1. The Morgan fingerprint density at radius 3 is 2.60 bits per heavy atom. The summed E-state index contributed by atoms with van der Waals surface area (Å²) in [5, 5.41) is 12.9. The van der Waals surface area contributed by atoms with Crippen LogP contribution in [0.5, 0.6) is 0 Å². The first-order valence-electron chi connectivity index (χ1n) is 7.10. The Balaban J connectivity index is 0.000000452. The van der Waals surface area contributed by atoms with E-state index < -0.39 is 5.60 Å². The van der Waals surface area contributed by atoms with E-state index in [4.69, 9.17) is 4.42 Å². The number of aliphatic hydroxyl groups is 1. The van der Waals surface area contributed by atoms with Gasteiger partial charge < -0.3 is 14.8 Å². The minimum Gasteiger partial charge on any atom is -0.424 e. The summed E-state index contributed by atoms with van der Waals surface area (Å²) in [7, 11) is 1.76. The molecule has 108 valence electrons. The van der Waals surface area contributed by atoms with Gasteiger partial charge in [-0.25, -0.2) is 4.98 Å². The van der Waals surface area contributed by atoms with E-state index in [1.807, 2.05) is 24.3 Å². The molecular weight excluding hydrogens is 252 g/mol. The molecule has 0 radical (unpaired) electrons. The Bertz CT molecular complexity index is 559. The monoisotopic (exact) mass is 274 g/mol. The Morgan fingerprint density at radius 1 is 1.35 bits per heavy atom. The first-order valence-corrected chi connectivity index (χ1v) is 7.10. The lowest BCUT2D eigenvalue weighted by Crippen LogP contribution is -2.03. The molecule has 1 aromatic carbocycles. The van der Waals surface area contributed by atoms with Crippen molar-refractivity contribution >= 4 is 6.01 Å². The van der Waals surface area contributed by atoms with Crippen LogP contribution in [0.25, 0.3) is 11.3 Å². The van der Waals surface area contributed by atoms with Crippen LogP contribution in [-0.4, -0.2) is 17.1 Å². The number of hydrogen-bond donors (Lipinski definition) is 2. The van der Waals surface area contributed by atoms with E-state index >= 15 is 0 Å². The highest BCUT2D eigenvalue weighted by atomic mass is 16.4. The normalized spacial score (nSPS) is 15.2. The van der Waals surface area contributed by atoms with E-state index in [0.29, 0.717) is 11.8 Å². The van der Waals surface area contributed by atoms with Crippen molar-refractivity contribution in [1.29, 1.82) is 0 Å². The van der Waals surface area contributed by atoms with E-state index in [0.717, 1.165) is 24.0 Å². The number of nitrogens with one attached hydrogen (secondary N) is 1. The summed E-state index contributed by atoms with van der Waals surface area (Å²) >= 11 is 0. The molecule has 3 rings (SSSR count). The second-order valence-electron chi connectivity index (χ2n) is 5.10. The molecule has 2 N–H and O–H groups in total. The van der Waals surface area contributed by atoms with Crippen molar-refractivity contribution in [1.82, 2.24) is 4.98 Å². The summed E-state index contributed by atoms with van der Waals surface area (Å²) < 4.78 is 5.50. The molecule has 1 aliphatic carbocycles. The Morgan fingerprint density at radius 2 is 2.05 bits per heavy atom. The van der Waals surface area contributed by atoms with E-state index in [-0.39, 0.29) is 0 Å². The molecule has 4 heteroatoms.